The van der Waals surface area contributed by atoms with Gasteiger partial charge in [0.05, 0.1) is 10.6 Å². The highest BCUT2D eigenvalue weighted by atomic mass is 35.5. The molecular formula is C13H17Cl2N3O. The molecule has 2 rings (SSSR count). The molecule has 1 atom stereocenters. The van der Waals surface area contributed by atoms with Gasteiger partial charge in [0.1, 0.15) is 5.15 Å². The molecule has 1 amide bonds. The number of likely N-dealkylation sites (tertiary alicyclic amines) is 1. The zero-order chi connectivity index (χ0) is 13.8. The van der Waals surface area contributed by atoms with Crippen LogP contribution in [0.15, 0.2) is 12.3 Å². The van der Waals surface area contributed by atoms with E-state index in [1.807, 2.05) is 0 Å². The predicted molar refractivity (Wildman–Crippen MR) is 76.9 cm³/mol. The van der Waals surface area contributed by atoms with Gasteiger partial charge in [0.25, 0.3) is 5.91 Å². The minimum absolute atomic E-state index is 0.208. The Hall–Kier alpha value is -0.840. The van der Waals surface area contributed by atoms with Gasteiger partial charge in [-0.25, -0.2) is 4.98 Å². The van der Waals surface area contributed by atoms with Crippen molar-refractivity contribution in [3.05, 3.63) is 28.0 Å². The summed E-state index contributed by atoms with van der Waals surface area (Å²) in [4.78, 5) is 18.2. The van der Waals surface area contributed by atoms with E-state index in [4.69, 9.17) is 23.2 Å². The molecule has 0 aromatic carbocycles. The second-order valence-electron chi connectivity index (χ2n) is 4.79. The third-order valence-corrected chi connectivity index (χ3v) is 3.90. The van der Waals surface area contributed by atoms with E-state index >= 15 is 0 Å². The second-order valence-corrected chi connectivity index (χ2v) is 5.58. The summed E-state index contributed by atoms with van der Waals surface area (Å²) in [6, 6.07) is 1.82. The number of amides is 1. The summed E-state index contributed by atoms with van der Waals surface area (Å²) in [5, 5.41) is 3.47. The number of nitrogens with zero attached hydrogens (tertiary/aromatic N) is 2. The third-order valence-electron chi connectivity index (χ3n) is 3.39. The SMILES string of the molecule is CC(CNC(=O)c1cc(Cl)ncc1Cl)N1CCCC1. The van der Waals surface area contributed by atoms with E-state index in [2.05, 4.69) is 22.1 Å². The van der Waals surface area contributed by atoms with Crippen LogP contribution < -0.4 is 5.32 Å². The molecular weight excluding hydrogens is 285 g/mol. The molecule has 1 aliphatic heterocycles. The molecule has 0 radical (unpaired) electrons. The first-order valence-corrected chi connectivity index (χ1v) is 7.17. The molecule has 1 fully saturated rings. The Morgan fingerprint density at radius 1 is 1.47 bits per heavy atom. The van der Waals surface area contributed by atoms with Crippen LogP contribution in [0.3, 0.4) is 0 Å². The smallest absolute Gasteiger partial charge is 0.253 e. The third kappa shape index (κ3) is 3.81. The zero-order valence-corrected chi connectivity index (χ0v) is 12.3. The van der Waals surface area contributed by atoms with Crippen molar-refractivity contribution in [2.45, 2.75) is 25.8 Å². The van der Waals surface area contributed by atoms with Crippen molar-refractivity contribution < 1.29 is 4.79 Å². The maximum Gasteiger partial charge on any atom is 0.253 e. The van der Waals surface area contributed by atoms with E-state index < -0.39 is 0 Å². The molecule has 1 aromatic rings. The summed E-state index contributed by atoms with van der Waals surface area (Å²) in [6.45, 7) is 4.94. The summed E-state index contributed by atoms with van der Waals surface area (Å²) in [6.07, 6.45) is 3.87. The number of nitrogens with one attached hydrogen (secondary N) is 1. The number of carbonyl (C=O) groups excluding carboxylic acids is 1. The average Bonchev–Trinajstić information content (AvgIpc) is 2.92. The van der Waals surface area contributed by atoms with Crippen LogP contribution in [-0.4, -0.2) is 41.5 Å². The van der Waals surface area contributed by atoms with Gasteiger partial charge in [-0.1, -0.05) is 23.2 Å². The predicted octanol–water partition coefficient (Wildman–Crippen LogP) is 2.60. The molecule has 1 N–H and O–H groups in total. The Morgan fingerprint density at radius 3 is 2.84 bits per heavy atom. The maximum absolute atomic E-state index is 12.0. The molecule has 0 bridgehead atoms. The van der Waals surface area contributed by atoms with Crippen LogP contribution in [-0.2, 0) is 0 Å². The lowest BCUT2D eigenvalue weighted by Gasteiger charge is -2.23. The molecule has 1 aliphatic rings. The van der Waals surface area contributed by atoms with E-state index in [1.165, 1.54) is 25.1 Å². The van der Waals surface area contributed by atoms with Crippen LogP contribution in [0, 0.1) is 0 Å². The lowest BCUT2D eigenvalue weighted by atomic mass is 10.2. The number of hydrogen-bond acceptors (Lipinski definition) is 3. The highest BCUT2D eigenvalue weighted by Gasteiger charge is 2.19. The van der Waals surface area contributed by atoms with Crippen molar-refractivity contribution in [1.82, 2.24) is 15.2 Å². The number of carbonyl (C=O) groups is 1. The van der Waals surface area contributed by atoms with E-state index in [0.717, 1.165) is 13.1 Å². The van der Waals surface area contributed by atoms with E-state index in [1.54, 1.807) is 0 Å². The fourth-order valence-corrected chi connectivity index (χ4v) is 2.58. The molecule has 2 heterocycles. The van der Waals surface area contributed by atoms with Crippen molar-refractivity contribution in [3.8, 4) is 0 Å². The van der Waals surface area contributed by atoms with Crippen molar-refractivity contribution >= 4 is 29.1 Å². The van der Waals surface area contributed by atoms with Gasteiger partial charge in [0, 0.05) is 18.8 Å². The Kier molecular flexibility index (Phi) is 5.02. The van der Waals surface area contributed by atoms with E-state index in [-0.39, 0.29) is 11.1 Å². The van der Waals surface area contributed by atoms with Gasteiger partial charge in [0.15, 0.2) is 0 Å². The van der Waals surface area contributed by atoms with Gasteiger partial charge in [0.2, 0.25) is 0 Å². The summed E-state index contributed by atoms with van der Waals surface area (Å²) >= 11 is 11.7. The average molecular weight is 302 g/mol. The van der Waals surface area contributed by atoms with Crippen molar-refractivity contribution in [1.29, 1.82) is 0 Å². The monoisotopic (exact) mass is 301 g/mol. The summed E-state index contributed by atoms with van der Waals surface area (Å²) < 4.78 is 0. The number of halogens is 2. The molecule has 0 saturated carbocycles. The Morgan fingerprint density at radius 2 is 2.16 bits per heavy atom. The molecule has 19 heavy (non-hydrogen) atoms. The topological polar surface area (TPSA) is 45.2 Å². The van der Waals surface area contributed by atoms with Crippen LogP contribution in [0.5, 0.6) is 0 Å². The number of pyridine rings is 1. The first-order valence-electron chi connectivity index (χ1n) is 6.41. The van der Waals surface area contributed by atoms with Crippen molar-refractivity contribution in [2.75, 3.05) is 19.6 Å². The molecule has 1 unspecified atom stereocenters. The zero-order valence-electron chi connectivity index (χ0n) is 10.8. The van der Waals surface area contributed by atoms with Crippen LogP contribution in [0.1, 0.15) is 30.1 Å². The lowest BCUT2D eigenvalue weighted by Crippen LogP contribution is -2.40. The Labute approximate surface area is 123 Å². The molecule has 6 heteroatoms. The highest BCUT2D eigenvalue weighted by Crippen LogP contribution is 2.18. The molecule has 4 nitrogen and oxygen atoms in total. The van der Waals surface area contributed by atoms with Crippen LogP contribution in [0.2, 0.25) is 10.2 Å². The molecule has 0 aliphatic carbocycles. The van der Waals surface area contributed by atoms with Crippen molar-refractivity contribution in [3.63, 3.8) is 0 Å². The first-order chi connectivity index (χ1) is 9.08. The number of hydrogen-bond donors (Lipinski definition) is 1. The second kappa shape index (κ2) is 6.55. The largest absolute Gasteiger partial charge is 0.350 e. The standard InChI is InChI=1S/C13H17Cl2N3O/c1-9(18-4-2-3-5-18)7-17-13(19)10-6-12(15)16-8-11(10)14/h6,8-9H,2-5,7H2,1H3,(H,17,19). The van der Waals surface area contributed by atoms with E-state index in [0.29, 0.717) is 23.2 Å². The Bertz CT molecular complexity index is 461. The maximum atomic E-state index is 12.0. The van der Waals surface area contributed by atoms with Gasteiger partial charge in [-0.05, 0) is 38.9 Å². The summed E-state index contributed by atoms with van der Waals surface area (Å²) in [5.41, 5.74) is 0.371. The van der Waals surface area contributed by atoms with Gasteiger partial charge in [-0.15, -0.1) is 0 Å². The van der Waals surface area contributed by atoms with Crippen LogP contribution in [0.4, 0.5) is 0 Å². The van der Waals surface area contributed by atoms with Gasteiger partial charge in [-0.2, -0.15) is 0 Å². The molecule has 1 saturated heterocycles. The van der Waals surface area contributed by atoms with Crippen LogP contribution >= 0.6 is 23.2 Å². The van der Waals surface area contributed by atoms with Gasteiger partial charge >= 0.3 is 0 Å². The first kappa shape index (κ1) is 14.6. The molecule has 0 spiro atoms. The van der Waals surface area contributed by atoms with E-state index in [9.17, 15) is 4.79 Å². The fraction of sp³-hybridized carbons (Fsp3) is 0.538. The van der Waals surface area contributed by atoms with Gasteiger partial charge in [-0.3, -0.25) is 9.69 Å². The fourth-order valence-electron chi connectivity index (χ4n) is 2.23. The summed E-state index contributed by atoms with van der Waals surface area (Å²) in [5.74, 6) is -0.208. The Balaban J connectivity index is 1.91. The molecule has 104 valence electrons. The highest BCUT2D eigenvalue weighted by molar-refractivity contribution is 6.35. The summed E-state index contributed by atoms with van der Waals surface area (Å²) in [7, 11) is 0. The number of aromatic nitrogens is 1. The molecule has 1 aromatic heterocycles. The van der Waals surface area contributed by atoms with Gasteiger partial charge < -0.3 is 5.32 Å². The normalized spacial score (nSPS) is 17.4. The lowest BCUT2D eigenvalue weighted by molar-refractivity contribution is 0.0940. The number of rotatable bonds is 4. The minimum Gasteiger partial charge on any atom is -0.350 e. The van der Waals surface area contributed by atoms with Crippen molar-refractivity contribution in [2.24, 2.45) is 0 Å². The van der Waals surface area contributed by atoms with Crippen LogP contribution in [0.25, 0.3) is 0 Å². The minimum atomic E-state index is -0.208. The quantitative estimate of drug-likeness (QED) is 0.870.